The van der Waals surface area contributed by atoms with Crippen LogP contribution in [0.1, 0.15) is 6.92 Å². The lowest BCUT2D eigenvalue weighted by Gasteiger charge is -2.22. The third-order valence-electron chi connectivity index (χ3n) is 2.73. The third kappa shape index (κ3) is 4.33. The molecule has 0 heterocycles. The number of nitrogens with zero attached hydrogens (tertiary/aromatic N) is 1. The normalized spacial score (nSPS) is 12.3. The molecule has 0 aliphatic heterocycles. The number of ether oxygens (including phenoxy) is 2. The van der Waals surface area contributed by atoms with Crippen LogP contribution in [0.2, 0.25) is 0 Å². The molecule has 1 aromatic carbocycles. The molecule has 0 fully saturated rings. The highest BCUT2D eigenvalue weighted by Gasteiger charge is 2.17. The lowest BCUT2D eigenvalue weighted by Crippen LogP contribution is -2.39. The highest BCUT2D eigenvalue weighted by Crippen LogP contribution is 2.11. The minimum Gasteiger partial charge on any atom is -0.492 e. The van der Waals surface area contributed by atoms with Crippen molar-refractivity contribution in [2.75, 3.05) is 27.3 Å². The van der Waals surface area contributed by atoms with Crippen LogP contribution < -0.4 is 4.74 Å². The molecule has 1 atom stereocenters. The van der Waals surface area contributed by atoms with Crippen molar-refractivity contribution in [3.63, 3.8) is 0 Å². The molecule has 18 heavy (non-hydrogen) atoms. The van der Waals surface area contributed by atoms with Crippen molar-refractivity contribution >= 4 is 5.97 Å². The molecule has 0 radical (unpaired) electrons. The monoisotopic (exact) mass is 255 g/mol. The number of halogens is 1. The van der Waals surface area contributed by atoms with Crippen molar-refractivity contribution in [2.45, 2.75) is 13.0 Å². The Hall–Kier alpha value is -1.62. The van der Waals surface area contributed by atoms with Crippen LogP contribution in [0, 0.1) is 5.82 Å². The second-order valence-corrected chi connectivity index (χ2v) is 3.98. The van der Waals surface area contributed by atoms with Crippen molar-refractivity contribution in [1.29, 1.82) is 0 Å². The number of carbonyl (C=O) groups excluding carboxylic acids is 1. The molecule has 0 N–H and O–H groups in total. The second kappa shape index (κ2) is 6.96. The van der Waals surface area contributed by atoms with Gasteiger partial charge in [-0.1, -0.05) is 0 Å². The van der Waals surface area contributed by atoms with Gasteiger partial charge in [0.25, 0.3) is 0 Å². The molecule has 1 unspecified atom stereocenters. The van der Waals surface area contributed by atoms with Crippen molar-refractivity contribution in [1.82, 2.24) is 4.90 Å². The molecule has 4 nitrogen and oxygen atoms in total. The Labute approximate surface area is 106 Å². The molecular formula is C13H18FNO3. The van der Waals surface area contributed by atoms with Crippen LogP contribution in [-0.4, -0.2) is 44.2 Å². The molecule has 0 amide bonds. The first-order valence-corrected chi connectivity index (χ1v) is 5.71. The average molecular weight is 255 g/mol. The minimum absolute atomic E-state index is 0.278. The van der Waals surface area contributed by atoms with Crippen LogP contribution in [0.4, 0.5) is 4.39 Å². The van der Waals surface area contributed by atoms with Crippen molar-refractivity contribution in [3.8, 4) is 5.75 Å². The van der Waals surface area contributed by atoms with Gasteiger partial charge in [-0.25, -0.2) is 4.39 Å². The lowest BCUT2D eigenvalue weighted by atomic mass is 10.3. The van der Waals surface area contributed by atoms with E-state index in [4.69, 9.17) is 4.74 Å². The van der Waals surface area contributed by atoms with Gasteiger partial charge in [0, 0.05) is 6.54 Å². The fraction of sp³-hybridized carbons (Fsp3) is 0.462. The van der Waals surface area contributed by atoms with Gasteiger partial charge in [0.15, 0.2) is 0 Å². The summed E-state index contributed by atoms with van der Waals surface area (Å²) in [6, 6.07) is 5.51. The molecule has 5 heteroatoms. The molecule has 0 aromatic heterocycles. The van der Waals surface area contributed by atoms with Crippen LogP contribution in [-0.2, 0) is 9.53 Å². The number of hydrogen-bond donors (Lipinski definition) is 0. The molecule has 0 spiro atoms. The maximum atomic E-state index is 12.7. The Bertz CT molecular complexity index is 380. The van der Waals surface area contributed by atoms with Gasteiger partial charge in [0.1, 0.15) is 24.2 Å². The largest absolute Gasteiger partial charge is 0.492 e. The maximum absolute atomic E-state index is 12.7. The summed E-state index contributed by atoms with van der Waals surface area (Å²) in [6.45, 7) is 2.76. The summed E-state index contributed by atoms with van der Waals surface area (Å²) in [5.41, 5.74) is 0. The number of esters is 1. The van der Waals surface area contributed by atoms with Gasteiger partial charge in [-0.3, -0.25) is 9.69 Å². The molecule has 1 aromatic rings. The topological polar surface area (TPSA) is 38.8 Å². The highest BCUT2D eigenvalue weighted by atomic mass is 19.1. The average Bonchev–Trinajstić information content (AvgIpc) is 2.39. The molecule has 0 saturated heterocycles. The van der Waals surface area contributed by atoms with E-state index in [1.807, 2.05) is 11.9 Å². The Balaban J connectivity index is 2.33. The zero-order chi connectivity index (χ0) is 13.5. The first-order chi connectivity index (χ1) is 8.54. The van der Waals surface area contributed by atoms with Crippen LogP contribution in [0.15, 0.2) is 24.3 Å². The van der Waals surface area contributed by atoms with Crippen molar-refractivity contribution < 1.29 is 18.7 Å². The number of likely N-dealkylation sites (N-methyl/N-ethyl adjacent to an activating group) is 1. The van der Waals surface area contributed by atoms with E-state index in [2.05, 4.69) is 4.74 Å². The summed E-state index contributed by atoms with van der Waals surface area (Å²) in [7, 11) is 3.18. The van der Waals surface area contributed by atoms with Crippen molar-refractivity contribution in [2.24, 2.45) is 0 Å². The zero-order valence-electron chi connectivity index (χ0n) is 10.9. The summed E-state index contributed by atoms with van der Waals surface area (Å²) in [6.07, 6.45) is 0. The molecule has 100 valence electrons. The van der Waals surface area contributed by atoms with E-state index in [9.17, 15) is 9.18 Å². The maximum Gasteiger partial charge on any atom is 0.322 e. The van der Waals surface area contributed by atoms with E-state index in [1.54, 1.807) is 19.1 Å². The molecule has 0 saturated carbocycles. The Kier molecular flexibility index (Phi) is 5.58. The van der Waals surface area contributed by atoms with Gasteiger partial charge in [-0.15, -0.1) is 0 Å². The SMILES string of the molecule is COC(=O)C(C)N(C)CCOc1ccc(F)cc1. The number of rotatable bonds is 6. The van der Waals surface area contributed by atoms with Gasteiger partial charge >= 0.3 is 5.97 Å². The standard InChI is InChI=1S/C13H18FNO3/c1-10(13(16)17-3)15(2)8-9-18-12-6-4-11(14)5-7-12/h4-7,10H,8-9H2,1-3H3. The van der Waals surface area contributed by atoms with Gasteiger partial charge < -0.3 is 9.47 Å². The summed E-state index contributed by atoms with van der Waals surface area (Å²) < 4.78 is 22.7. The van der Waals surface area contributed by atoms with E-state index < -0.39 is 0 Å². The zero-order valence-corrected chi connectivity index (χ0v) is 10.9. The van der Waals surface area contributed by atoms with E-state index in [0.29, 0.717) is 18.9 Å². The Morgan fingerprint density at radius 3 is 2.56 bits per heavy atom. The van der Waals surface area contributed by atoms with Crippen LogP contribution >= 0.6 is 0 Å². The van der Waals surface area contributed by atoms with E-state index in [1.165, 1.54) is 19.2 Å². The summed E-state index contributed by atoms with van der Waals surface area (Å²) >= 11 is 0. The smallest absolute Gasteiger partial charge is 0.322 e. The number of benzene rings is 1. The summed E-state index contributed by atoms with van der Waals surface area (Å²) in [4.78, 5) is 13.1. The minimum atomic E-state index is -0.313. The second-order valence-electron chi connectivity index (χ2n) is 3.98. The number of carbonyl (C=O) groups is 1. The van der Waals surface area contributed by atoms with E-state index in [-0.39, 0.29) is 17.8 Å². The fourth-order valence-corrected chi connectivity index (χ4v) is 1.38. The van der Waals surface area contributed by atoms with Gasteiger partial charge in [-0.05, 0) is 38.2 Å². The molecular weight excluding hydrogens is 237 g/mol. The Morgan fingerprint density at radius 1 is 1.39 bits per heavy atom. The number of hydrogen-bond acceptors (Lipinski definition) is 4. The lowest BCUT2D eigenvalue weighted by molar-refractivity contribution is -0.145. The summed E-state index contributed by atoms with van der Waals surface area (Å²) in [5.74, 6) is 0.0357. The van der Waals surface area contributed by atoms with Gasteiger partial charge in [0.2, 0.25) is 0 Å². The predicted octanol–water partition coefficient (Wildman–Crippen LogP) is 1.70. The molecule has 0 aliphatic rings. The van der Waals surface area contributed by atoms with Crippen LogP contribution in [0.5, 0.6) is 5.75 Å². The first-order valence-electron chi connectivity index (χ1n) is 5.71. The Morgan fingerprint density at radius 2 is 2.00 bits per heavy atom. The first kappa shape index (κ1) is 14.4. The van der Waals surface area contributed by atoms with E-state index >= 15 is 0 Å². The van der Waals surface area contributed by atoms with Crippen molar-refractivity contribution in [3.05, 3.63) is 30.1 Å². The van der Waals surface area contributed by atoms with Gasteiger partial charge in [-0.2, -0.15) is 0 Å². The highest BCUT2D eigenvalue weighted by molar-refractivity contribution is 5.75. The third-order valence-corrected chi connectivity index (χ3v) is 2.73. The van der Waals surface area contributed by atoms with Crippen LogP contribution in [0.3, 0.4) is 0 Å². The summed E-state index contributed by atoms with van der Waals surface area (Å²) in [5, 5.41) is 0. The van der Waals surface area contributed by atoms with Gasteiger partial charge in [0.05, 0.1) is 7.11 Å². The van der Waals surface area contributed by atoms with Crippen LogP contribution in [0.25, 0.3) is 0 Å². The molecule has 0 aliphatic carbocycles. The molecule has 1 rings (SSSR count). The quantitative estimate of drug-likeness (QED) is 0.725. The fourth-order valence-electron chi connectivity index (χ4n) is 1.38. The van der Waals surface area contributed by atoms with E-state index in [0.717, 1.165) is 0 Å². The number of methoxy groups -OCH3 is 1. The molecule has 0 bridgehead atoms. The predicted molar refractivity (Wildman–Crippen MR) is 66.0 cm³/mol.